The largest absolute Gasteiger partial charge is 0.444 e. The highest BCUT2D eigenvalue weighted by Gasteiger charge is 2.46. The molecule has 0 saturated carbocycles. The minimum atomic E-state index is -0.488. The second kappa shape index (κ2) is 4.70. The molecule has 2 aliphatic rings. The molecular formula is C13H23NO4. The Morgan fingerprint density at radius 3 is 2.67 bits per heavy atom. The quantitative estimate of drug-likeness (QED) is 0.709. The SMILES string of the molecule is CC1C2COCC(CN1C(=O)OC(C)(C)C)C2O. The summed E-state index contributed by atoms with van der Waals surface area (Å²) in [4.78, 5) is 13.9. The first kappa shape index (κ1) is 13.6. The maximum Gasteiger partial charge on any atom is 0.410 e. The summed E-state index contributed by atoms with van der Waals surface area (Å²) in [5.41, 5.74) is -0.488. The third-order valence-corrected chi connectivity index (χ3v) is 3.73. The van der Waals surface area contributed by atoms with Crippen molar-refractivity contribution in [2.75, 3.05) is 19.8 Å². The molecular weight excluding hydrogens is 234 g/mol. The van der Waals surface area contributed by atoms with Crippen molar-refractivity contribution in [3.63, 3.8) is 0 Å². The second-order valence-electron chi connectivity index (χ2n) is 6.33. The number of carbonyl (C=O) groups excluding carboxylic acids is 1. The van der Waals surface area contributed by atoms with E-state index in [9.17, 15) is 9.90 Å². The molecule has 0 aromatic heterocycles. The van der Waals surface area contributed by atoms with E-state index in [-0.39, 0.29) is 30.1 Å². The van der Waals surface area contributed by atoms with Gasteiger partial charge >= 0.3 is 6.09 Å². The third-order valence-electron chi connectivity index (χ3n) is 3.73. The second-order valence-corrected chi connectivity index (χ2v) is 6.33. The number of nitrogens with zero attached hydrogens (tertiary/aromatic N) is 1. The lowest BCUT2D eigenvalue weighted by Crippen LogP contribution is -2.61. The van der Waals surface area contributed by atoms with Crippen molar-refractivity contribution in [3.8, 4) is 0 Å². The number of aliphatic hydroxyl groups excluding tert-OH is 1. The molecule has 2 saturated heterocycles. The van der Waals surface area contributed by atoms with Crippen LogP contribution in [-0.2, 0) is 9.47 Å². The zero-order valence-electron chi connectivity index (χ0n) is 11.5. The Kier molecular flexibility index (Phi) is 3.56. The van der Waals surface area contributed by atoms with Crippen molar-refractivity contribution in [1.82, 2.24) is 4.90 Å². The summed E-state index contributed by atoms with van der Waals surface area (Å²) in [5.74, 6) is -0.00233. The molecule has 1 N–H and O–H groups in total. The first-order valence-electron chi connectivity index (χ1n) is 6.55. The van der Waals surface area contributed by atoms with Crippen LogP contribution < -0.4 is 0 Å². The number of piperidine rings is 1. The lowest BCUT2D eigenvalue weighted by atomic mass is 9.80. The van der Waals surface area contributed by atoms with E-state index in [0.29, 0.717) is 19.8 Å². The summed E-state index contributed by atoms with van der Waals surface area (Å²) in [6.45, 7) is 9.06. The zero-order chi connectivity index (χ0) is 13.5. The number of ether oxygens (including phenoxy) is 2. The van der Waals surface area contributed by atoms with E-state index < -0.39 is 5.60 Å². The zero-order valence-corrected chi connectivity index (χ0v) is 11.5. The lowest BCUT2D eigenvalue weighted by molar-refractivity contribution is -0.141. The molecule has 0 radical (unpaired) electrons. The van der Waals surface area contributed by atoms with Crippen molar-refractivity contribution in [2.45, 2.75) is 45.4 Å². The molecule has 0 aliphatic carbocycles. The Balaban J connectivity index is 2.08. The maximum absolute atomic E-state index is 12.1. The van der Waals surface area contributed by atoms with Gasteiger partial charge in [-0.3, -0.25) is 0 Å². The van der Waals surface area contributed by atoms with Crippen LogP contribution >= 0.6 is 0 Å². The fourth-order valence-electron chi connectivity index (χ4n) is 2.70. The number of hydrogen-bond donors (Lipinski definition) is 1. The summed E-state index contributed by atoms with van der Waals surface area (Å²) in [5, 5.41) is 10.1. The number of fused-ring (bicyclic) bond motifs is 2. The molecule has 2 bridgehead atoms. The number of carbonyl (C=O) groups is 1. The minimum absolute atomic E-state index is 0.00692. The highest BCUT2D eigenvalue weighted by atomic mass is 16.6. The van der Waals surface area contributed by atoms with E-state index in [2.05, 4.69) is 0 Å². The average molecular weight is 257 g/mol. The molecule has 2 heterocycles. The maximum atomic E-state index is 12.1. The standard InChI is InChI=1S/C13H23NO4/c1-8-10-7-17-6-9(11(10)15)5-14(8)12(16)18-13(2,3)4/h8-11,15H,5-7H2,1-4H3. The van der Waals surface area contributed by atoms with E-state index in [4.69, 9.17) is 9.47 Å². The van der Waals surface area contributed by atoms with Crippen LogP contribution in [0, 0.1) is 11.8 Å². The van der Waals surface area contributed by atoms with Gasteiger partial charge in [0.25, 0.3) is 0 Å². The van der Waals surface area contributed by atoms with E-state index in [1.165, 1.54) is 0 Å². The van der Waals surface area contributed by atoms with E-state index in [0.717, 1.165) is 0 Å². The minimum Gasteiger partial charge on any atom is -0.444 e. The van der Waals surface area contributed by atoms with Crippen LogP contribution in [0.25, 0.3) is 0 Å². The van der Waals surface area contributed by atoms with Gasteiger partial charge in [0.15, 0.2) is 0 Å². The normalized spacial score (nSPS) is 36.4. The van der Waals surface area contributed by atoms with Gasteiger partial charge in [-0.2, -0.15) is 0 Å². The fraction of sp³-hybridized carbons (Fsp3) is 0.923. The summed E-state index contributed by atoms with van der Waals surface area (Å²) in [7, 11) is 0. The Morgan fingerprint density at radius 1 is 1.39 bits per heavy atom. The molecule has 5 nitrogen and oxygen atoms in total. The highest BCUT2D eigenvalue weighted by molar-refractivity contribution is 5.68. The predicted octanol–water partition coefficient (Wildman–Crippen LogP) is 1.25. The van der Waals surface area contributed by atoms with Gasteiger partial charge in [0.1, 0.15) is 5.60 Å². The van der Waals surface area contributed by atoms with Crippen LogP contribution in [0.4, 0.5) is 4.79 Å². The van der Waals surface area contributed by atoms with Gasteiger partial charge in [-0.15, -0.1) is 0 Å². The van der Waals surface area contributed by atoms with Gasteiger partial charge in [-0.1, -0.05) is 0 Å². The van der Waals surface area contributed by atoms with E-state index in [1.807, 2.05) is 27.7 Å². The molecule has 4 unspecified atom stereocenters. The van der Waals surface area contributed by atoms with Crippen molar-refractivity contribution < 1.29 is 19.4 Å². The first-order chi connectivity index (χ1) is 8.29. The van der Waals surface area contributed by atoms with Crippen molar-refractivity contribution in [2.24, 2.45) is 11.8 Å². The summed E-state index contributed by atoms with van der Waals surface area (Å²) in [6, 6.07) is -0.0496. The monoisotopic (exact) mass is 257 g/mol. The summed E-state index contributed by atoms with van der Waals surface area (Å²) < 4.78 is 10.9. The van der Waals surface area contributed by atoms with Crippen molar-refractivity contribution in [1.29, 1.82) is 0 Å². The van der Waals surface area contributed by atoms with Crippen LogP contribution in [0.15, 0.2) is 0 Å². The van der Waals surface area contributed by atoms with Crippen LogP contribution in [0.1, 0.15) is 27.7 Å². The van der Waals surface area contributed by atoms with Gasteiger partial charge in [0.05, 0.1) is 19.3 Å². The molecule has 104 valence electrons. The Morgan fingerprint density at radius 2 is 2.06 bits per heavy atom. The third kappa shape index (κ3) is 2.62. The molecule has 1 amide bonds. The van der Waals surface area contributed by atoms with Crippen LogP contribution in [0.3, 0.4) is 0 Å². The summed E-state index contributed by atoms with van der Waals surface area (Å²) >= 11 is 0. The number of likely N-dealkylation sites (tertiary alicyclic amines) is 1. The van der Waals surface area contributed by atoms with Crippen LogP contribution in [-0.4, -0.2) is 53.6 Å². The van der Waals surface area contributed by atoms with Crippen LogP contribution in [0.2, 0.25) is 0 Å². The van der Waals surface area contributed by atoms with Gasteiger partial charge in [-0.25, -0.2) is 4.79 Å². The molecule has 4 atom stereocenters. The molecule has 2 aliphatic heterocycles. The number of aliphatic hydroxyl groups is 1. The molecule has 18 heavy (non-hydrogen) atoms. The number of rotatable bonds is 0. The van der Waals surface area contributed by atoms with E-state index in [1.54, 1.807) is 4.90 Å². The van der Waals surface area contributed by atoms with Gasteiger partial charge in [0, 0.05) is 24.4 Å². The van der Waals surface area contributed by atoms with E-state index >= 15 is 0 Å². The predicted molar refractivity (Wildman–Crippen MR) is 66.2 cm³/mol. The first-order valence-corrected chi connectivity index (χ1v) is 6.55. The molecule has 0 aromatic rings. The van der Waals surface area contributed by atoms with Gasteiger partial charge in [-0.05, 0) is 27.7 Å². The Labute approximate surface area is 108 Å². The van der Waals surface area contributed by atoms with Gasteiger partial charge < -0.3 is 19.5 Å². The Hall–Kier alpha value is -0.810. The van der Waals surface area contributed by atoms with Gasteiger partial charge in [0.2, 0.25) is 0 Å². The molecule has 0 spiro atoms. The smallest absolute Gasteiger partial charge is 0.410 e. The molecule has 5 heteroatoms. The van der Waals surface area contributed by atoms with Crippen molar-refractivity contribution in [3.05, 3.63) is 0 Å². The average Bonchev–Trinajstić information content (AvgIpc) is 2.21. The van der Waals surface area contributed by atoms with Crippen molar-refractivity contribution >= 4 is 6.09 Å². The fourth-order valence-corrected chi connectivity index (χ4v) is 2.70. The Bertz CT molecular complexity index is 325. The summed E-state index contributed by atoms with van der Waals surface area (Å²) in [6.07, 6.45) is -0.661. The van der Waals surface area contributed by atoms with Crippen LogP contribution in [0.5, 0.6) is 0 Å². The lowest BCUT2D eigenvalue weighted by Gasteiger charge is -2.48. The molecule has 2 fully saturated rings. The number of hydrogen-bond acceptors (Lipinski definition) is 4. The highest BCUT2D eigenvalue weighted by Crippen LogP contribution is 2.33. The molecule has 2 rings (SSSR count). The number of amides is 1. The molecule has 0 aromatic carbocycles. The topological polar surface area (TPSA) is 59.0 Å².